The van der Waals surface area contributed by atoms with Gasteiger partial charge in [-0.05, 0) is 32.2 Å². The minimum Gasteiger partial charge on any atom is -0.380 e. The van der Waals surface area contributed by atoms with Crippen molar-refractivity contribution in [3.05, 3.63) is 0 Å². The molecule has 0 saturated carbocycles. The molecule has 3 fully saturated rings. The van der Waals surface area contributed by atoms with Crippen LogP contribution in [0.4, 0.5) is 0 Å². The van der Waals surface area contributed by atoms with Gasteiger partial charge in [-0.3, -0.25) is 4.90 Å². The minimum absolute atomic E-state index is 0.524. The van der Waals surface area contributed by atoms with E-state index in [2.05, 4.69) is 10.2 Å². The van der Waals surface area contributed by atoms with Crippen molar-refractivity contribution in [1.82, 2.24) is 10.2 Å². The maximum Gasteiger partial charge on any atom is 0.0622 e. The zero-order valence-corrected chi connectivity index (χ0v) is 8.80. The number of likely N-dealkylation sites (tertiary alicyclic amines) is 1. The molecule has 0 aromatic carbocycles. The highest BCUT2D eigenvalue weighted by Gasteiger charge is 2.48. The van der Waals surface area contributed by atoms with Gasteiger partial charge >= 0.3 is 0 Å². The molecule has 0 unspecified atom stereocenters. The van der Waals surface area contributed by atoms with E-state index in [0.717, 1.165) is 19.3 Å². The zero-order valence-electron chi connectivity index (χ0n) is 8.80. The van der Waals surface area contributed by atoms with Gasteiger partial charge in [0.25, 0.3) is 0 Å². The van der Waals surface area contributed by atoms with Gasteiger partial charge in [-0.2, -0.15) is 0 Å². The standard InChI is InChI=1S/C11H20N2O/c1-3-11(9-12-5-1)4-6-13(11)10-2-7-14-8-10/h10,12H,1-9H2/t10-,11+/m0/s1. The van der Waals surface area contributed by atoms with Crippen molar-refractivity contribution in [2.45, 2.75) is 37.3 Å². The molecule has 3 aliphatic rings. The van der Waals surface area contributed by atoms with Crippen LogP contribution in [-0.2, 0) is 4.74 Å². The molecular weight excluding hydrogens is 176 g/mol. The number of hydrogen-bond acceptors (Lipinski definition) is 3. The summed E-state index contributed by atoms with van der Waals surface area (Å²) in [5.41, 5.74) is 0.524. The normalized spacial score (nSPS) is 44.1. The third kappa shape index (κ3) is 1.30. The van der Waals surface area contributed by atoms with Crippen molar-refractivity contribution in [2.24, 2.45) is 0 Å². The molecule has 1 spiro atoms. The quantitative estimate of drug-likeness (QED) is 0.665. The number of ether oxygens (including phenoxy) is 1. The molecule has 0 amide bonds. The van der Waals surface area contributed by atoms with Gasteiger partial charge in [-0.15, -0.1) is 0 Å². The largest absolute Gasteiger partial charge is 0.380 e. The van der Waals surface area contributed by atoms with Crippen molar-refractivity contribution in [2.75, 3.05) is 32.8 Å². The highest BCUT2D eigenvalue weighted by molar-refractivity contribution is 5.05. The van der Waals surface area contributed by atoms with Crippen molar-refractivity contribution in [3.63, 3.8) is 0 Å². The second kappa shape index (κ2) is 3.47. The number of piperidine rings is 1. The molecule has 3 heteroatoms. The van der Waals surface area contributed by atoms with Crippen LogP contribution < -0.4 is 5.32 Å². The number of nitrogens with zero attached hydrogens (tertiary/aromatic N) is 1. The van der Waals surface area contributed by atoms with E-state index in [1.54, 1.807) is 0 Å². The third-order valence-corrected chi connectivity index (χ3v) is 4.22. The van der Waals surface area contributed by atoms with E-state index >= 15 is 0 Å². The molecule has 0 aromatic rings. The predicted octanol–water partition coefficient (Wildman–Crippen LogP) is 0.603. The Morgan fingerprint density at radius 1 is 1.36 bits per heavy atom. The lowest BCUT2D eigenvalue weighted by Crippen LogP contribution is -2.69. The molecular formula is C11H20N2O. The van der Waals surface area contributed by atoms with Crippen LogP contribution >= 0.6 is 0 Å². The van der Waals surface area contributed by atoms with Crippen LogP contribution in [-0.4, -0.2) is 49.3 Å². The Hall–Kier alpha value is -0.120. The third-order valence-electron chi connectivity index (χ3n) is 4.22. The smallest absolute Gasteiger partial charge is 0.0622 e. The molecule has 3 aliphatic heterocycles. The minimum atomic E-state index is 0.524. The first kappa shape index (κ1) is 9.13. The van der Waals surface area contributed by atoms with E-state index in [1.807, 2.05) is 0 Å². The van der Waals surface area contributed by atoms with Gasteiger partial charge in [-0.1, -0.05) is 0 Å². The molecule has 0 bridgehead atoms. The van der Waals surface area contributed by atoms with E-state index in [0.29, 0.717) is 5.54 Å². The Bertz CT molecular complexity index is 207. The molecule has 3 nitrogen and oxygen atoms in total. The van der Waals surface area contributed by atoms with Crippen LogP contribution in [0.2, 0.25) is 0 Å². The van der Waals surface area contributed by atoms with Gasteiger partial charge in [0.05, 0.1) is 6.61 Å². The average molecular weight is 196 g/mol. The van der Waals surface area contributed by atoms with Crippen molar-refractivity contribution >= 4 is 0 Å². The van der Waals surface area contributed by atoms with Crippen molar-refractivity contribution in [1.29, 1.82) is 0 Å². The van der Waals surface area contributed by atoms with Gasteiger partial charge in [-0.25, -0.2) is 0 Å². The van der Waals surface area contributed by atoms with Crippen LogP contribution in [0, 0.1) is 0 Å². The zero-order chi connectivity index (χ0) is 9.43. The number of nitrogens with one attached hydrogen (secondary N) is 1. The Morgan fingerprint density at radius 3 is 2.93 bits per heavy atom. The summed E-state index contributed by atoms with van der Waals surface area (Å²) >= 11 is 0. The van der Waals surface area contributed by atoms with E-state index in [4.69, 9.17) is 4.74 Å². The monoisotopic (exact) mass is 196 g/mol. The Labute approximate surface area is 85.8 Å². The molecule has 1 N–H and O–H groups in total. The first-order valence-electron chi connectivity index (χ1n) is 5.96. The fourth-order valence-corrected chi connectivity index (χ4v) is 3.31. The van der Waals surface area contributed by atoms with Crippen molar-refractivity contribution < 1.29 is 4.74 Å². The lowest BCUT2D eigenvalue weighted by atomic mass is 9.77. The van der Waals surface area contributed by atoms with Crippen LogP contribution in [0.15, 0.2) is 0 Å². The molecule has 0 aromatic heterocycles. The summed E-state index contributed by atoms with van der Waals surface area (Å²) in [6, 6.07) is 0.726. The fourth-order valence-electron chi connectivity index (χ4n) is 3.31. The van der Waals surface area contributed by atoms with Crippen LogP contribution in [0.3, 0.4) is 0 Å². The van der Waals surface area contributed by atoms with Gasteiger partial charge in [0.2, 0.25) is 0 Å². The second-order valence-electron chi connectivity index (χ2n) is 4.97. The maximum atomic E-state index is 5.49. The van der Waals surface area contributed by atoms with Gasteiger partial charge in [0.1, 0.15) is 0 Å². The number of hydrogen-bond donors (Lipinski definition) is 1. The Morgan fingerprint density at radius 2 is 2.36 bits per heavy atom. The molecule has 2 atom stereocenters. The number of rotatable bonds is 1. The molecule has 80 valence electrons. The first-order valence-corrected chi connectivity index (χ1v) is 5.96. The summed E-state index contributed by atoms with van der Waals surface area (Å²) in [5, 5.41) is 3.55. The Balaban J connectivity index is 1.68. The highest BCUT2D eigenvalue weighted by Crippen LogP contribution is 2.39. The SMILES string of the molecule is C1CNC[C@@]2(C1)CCN2[C@H]1CCOC1. The van der Waals surface area contributed by atoms with E-state index in [9.17, 15) is 0 Å². The van der Waals surface area contributed by atoms with Crippen LogP contribution in [0.25, 0.3) is 0 Å². The molecule has 0 aliphatic carbocycles. The van der Waals surface area contributed by atoms with Gasteiger partial charge in [0, 0.05) is 31.3 Å². The average Bonchev–Trinajstić information content (AvgIpc) is 2.71. The van der Waals surface area contributed by atoms with Crippen LogP contribution in [0.5, 0.6) is 0 Å². The molecule has 3 heterocycles. The topological polar surface area (TPSA) is 24.5 Å². The molecule has 3 rings (SSSR count). The molecule has 14 heavy (non-hydrogen) atoms. The predicted molar refractivity (Wildman–Crippen MR) is 55.4 cm³/mol. The lowest BCUT2D eigenvalue weighted by molar-refractivity contribution is -0.0653. The summed E-state index contributed by atoms with van der Waals surface area (Å²) in [6.45, 7) is 5.68. The summed E-state index contributed by atoms with van der Waals surface area (Å²) in [4.78, 5) is 2.71. The molecule has 0 radical (unpaired) electrons. The van der Waals surface area contributed by atoms with Crippen LogP contribution in [0.1, 0.15) is 25.7 Å². The molecule has 3 saturated heterocycles. The van der Waals surface area contributed by atoms with E-state index < -0.39 is 0 Å². The second-order valence-corrected chi connectivity index (χ2v) is 4.97. The lowest BCUT2D eigenvalue weighted by Gasteiger charge is -2.57. The summed E-state index contributed by atoms with van der Waals surface area (Å²) in [7, 11) is 0. The Kier molecular flexibility index (Phi) is 2.26. The highest BCUT2D eigenvalue weighted by atomic mass is 16.5. The van der Waals surface area contributed by atoms with E-state index in [1.165, 1.54) is 45.3 Å². The fraction of sp³-hybridized carbons (Fsp3) is 1.00. The van der Waals surface area contributed by atoms with Gasteiger partial charge in [0.15, 0.2) is 0 Å². The van der Waals surface area contributed by atoms with E-state index in [-0.39, 0.29) is 0 Å². The van der Waals surface area contributed by atoms with Gasteiger partial charge < -0.3 is 10.1 Å². The summed E-state index contributed by atoms with van der Waals surface area (Å²) < 4.78 is 5.49. The maximum absolute atomic E-state index is 5.49. The first-order chi connectivity index (χ1) is 6.91. The van der Waals surface area contributed by atoms with Crippen molar-refractivity contribution in [3.8, 4) is 0 Å². The summed E-state index contributed by atoms with van der Waals surface area (Å²) in [5.74, 6) is 0. The summed E-state index contributed by atoms with van der Waals surface area (Å²) in [6.07, 6.45) is 5.40.